The molecule has 0 aromatic heterocycles. The van der Waals surface area contributed by atoms with E-state index in [2.05, 4.69) is 0 Å². The Kier molecular flexibility index (Phi) is 8.55. The van der Waals surface area contributed by atoms with Crippen molar-refractivity contribution in [3.8, 4) is 0 Å². The highest BCUT2D eigenvalue weighted by atomic mass is 16.7. The lowest BCUT2D eigenvalue weighted by atomic mass is 10.1. The third-order valence-corrected chi connectivity index (χ3v) is 2.81. The van der Waals surface area contributed by atoms with Gasteiger partial charge in [-0.25, -0.2) is 4.90 Å². The van der Waals surface area contributed by atoms with Gasteiger partial charge in [-0.05, 0) is 14.1 Å². The largest absolute Gasteiger partial charge is 0.410 e. The highest BCUT2D eigenvalue weighted by Crippen LogP contribution is 2.08. The van der Waals surface area contributed by atoms with E-state index in [1.165, 1.54) is 4.90 Å². The van der Waals surface area contributed by atoms with Crippen molar-refractivity contribution in [3.05, 3.63) is 0 Å². The Hall–Kier alpha value is -1.76. The Morgan fingerprint density at radius 3 is 1.32 bits per heavy atom. The zero-order chi connectivity index (χ0) is 17.4. The summed E-state index contributed by atoms with van der Waals surface area (Å²) < 4.78 is 9.91. The fraction of sp³-hybridized carbons (Fsp3) is 0.733. The maximum atomic E-state index is 11.7. The number of ether oxygens (including phenoxy) is 2. The van der Waals surface area contributed by atoms with Crippen LogP contribution in [0.2, 0.25) is 0 Å². The minimum absolute atomic E-state index is 0.260. The minimum Gasteiger partial charge on any atom is -0.410 e. The van der Waals surface area contributed by atoms with E-state index in [-0.39, 0.29) is 36.2 Å². The third-order valence-electron chi connectivity index (χ3n) is 2.81. The molecule has 0 rings (SSSR count). The number of esters is 2. The summed E-state index contributed by atoms with van der Waals surface area (Å²) in [5.74, 6) is -2.64. The first-order valence-electron chi connectivity index (χ1n) is 7.15. The SMILES string of the molecule is CC(C)C(=O)CC(=O)OC(OC(=O)CC(=O)C(C)C)N(C)C. The Morgan fingerprint density at radius 1 is 0.773 bits per heavy atom. The van der Waals surface area contributed by atoms with E-state index in [4.69, 9.17) is 9.47 Å². The quantitative estimate of drug-likeness (QED) is 0.358. The molecule has 7 heteroatoms. The lowest BCUT2D eigenvalue weighted by molar-refractivity contribution is -0.215. The van der Waals surface area contributed by atoms with Gasteiger partial charge in [0.05, 0.1) is 0 Å². The van der Waals surface area contributed by atoms with Crippen LogP contribution in [0.15, 0.2) is 0 Å². The molecule has 0 aromatic rings. The molecule has 0 N–H and O–H groups in total. The highest BCUT2D eigenvalue weighted by molar-refractivity contribution is 5.97. The molecule has 0 heterocycles. The number of Topliss-reactive ketones (excluding diaryl/α,β-unsaturated/α-hetero) is 2. The zero-order valence-corrected chi connectivity index (χ0v) is 14.0. The molecule has 0 radical (unpaired) electrons. The summed E-state index contributed by atoms with van der Waals surface area (Å²) in [6.07, 6.45) is -2.03. The Bertz CT molecular complexity index is 392. The average molecular weight is 315 g/mol. The van der Waals surface area contributed by atoms with E-state index in [0.717, 1.165) is 0 Å². The number of nitrogens with zero attached hydrogens (tertiary/aromatic N) is 1. The van der Waals surface area contributed by atoms with Crippen molar-refractivity contribution in [3.63, 3.8) is 0 Å². The van der Waals surface area contributed by atoms with Gasteiger partial charge in [-0.3, -0.25) is 19.2 Å². The second-order valence-electron chi connectivity index (χ2n) is 5.85. The van der Waals surface area contributed by atoms with Crippen molar-refractivity contribution in [1.29, 1.82) is 0 Å². The molecule has 0 aliphatic carbocycles. The maximum absolute atomic E-state index is 11.7. The van der Waals surface area contributed by atoms with E-state index in [1.54, 1.807) is 41.8 Å². The van der Waals surface area contributed by atoms with Crippen LogP contribution in [0, 0.1) is 11.8 Å². The number of hydrogen-bond acceptors (Lipinski definition) is 7. The molecular formula is C15H25NO6. The molecule has 7 nitrogen and oxygen atoms in total. The molecule has 0 bridgehead atoms. The van der Waals surface area contributed by atoms with Crippen molar-refractivity contribution in [2.75, 3.05) is 14.1 Å². The van der Waals surface area contributed by atoms with Crippen LogP contribution in [0.4, 0.5) is 0 Å². The lowest BCUT2D eigenvalue weighted by Crippen LogP contribution is -2.38. The molecule has 0 spiro atoms. The summed E-state index contributed by atoms with van der Waals surface area (Å²) in [6.45, 7) is 6.71. The molecule has 0 atom stereocenters. The van der Waals surface area contributed by atoms with Gasteiger partial charge in [0.1, 0.15) is 24.4 Å². The first kappa shape index (κ1) is 20.2. The van der Waals surface area contributed by atoms with Crippen LogP contribution in [0.5, 0.6) is 0 Å². The van der Waals surface area contributed by atoms with Crippen LogP contribution in [-0.2, 0) is 28.7 Å². The Morgan fingerprint density at radius 2 is 1.09 bits per heavy atom. The molecule has 0 unspecified atom stereocenters. The van der Waals surface area contributed by atoms with Crippen LogP contribution in [0.1, 0.15) is 40.5 Å². The van der Waals surface area contributed by atoms with Crippen LogP contribution in [0.25, 0.3) is 0 Å². The summed E-state index contributed by atoms with van der Waals surface area (Å²) in [4.78, 5) is 47.6. The van der Waals surface area contributed by atoms with Crippen molar-refractivity contribution >= 4 is 23.5 Å². The number of hydrogen-bond donors (Lipinski definition) is 0. The summed E-state index contributed by atoms with van der Waals surface area (Å²) >= 11 is 0. The number of carbonyl (C=O) groups excluding carboxylic acids is 4. The summed E-state index contributed by atoms with van der Waals surface area (Å²) in [5, 5.41) is 0. The highest BCUT2D eigenvalue weighted by Gasteiger charge is 2.25. The van der Waals surface area contributed by atoms with Gasteiger partial charge in [0.25, 0.3) is 0 Å². The first-order valence-corrected chi connectivity index (χ1v) is 7.15. The first-order chi connectivity index (χ1) is 10.0. The number of carbonyl (C=O) groups is 4. The van der Waals surface area contributed by atoms with Gasteiger partial charge in [-0.1, -0.05) is 27.7 Å². The molecule has 0 saturated heterocycles. The summed E-state index contributed by atoms with van der Waals surface area (Å²) in [5.41, 5.74) is 0. The lowest BCUT2D eigenvalue weighted by Gasteiger charge is -2.23. The fourth-order valence-electron chi connectivity index (χ4n) is 1.24. The summed E-state index contributed by atoms with van der Waals surface area (Å²) in [6, 6.07) is 0. The predicted molar refractivity (Wildman–Crippen MR) is 78.6 cm³/mol. The van der Waals surface area contributed by atoms with Crippen molar-refractivity contribution < 1.29 is 28.7 Å². The number of ketones is 2. The Balaban J connectivity index is 4.55. The van der Waals surface area contributed by atoms with E-state index in [1.807, 2.05) is 0 Å². The van der Waals surface area contributed by atoms with Gasteiger partial charge < -0.3 is 9.47 Å². The predicted octanol–water partition coefficient (Wildman–Crippen LogP) is 1.15. The molecule has 0 amide bonds. The topological polar surface area (TPSA) is 90.0 Å². The van der Waals surface area contributed by atoms with Gasteiger partial charge >= 0.3 is 18.4 Å². The van der Waals surface area contributed by atoms with Gasteiger partial charge in [-0.2, -0.15) is 0 Å². The van der Waals surface area contributed by atoms with Gasteiger partial charge in [0, 0.05) is 11.8 Å². The zero-order valence-electron chi connectivity index (χ0n) is 14.0. The van der Waals surface area contributed by atoms with Crippen LogP contribution >= 0.6 is 0 Å². The second kappa shape index (κ2) is 9.30. The van der Waals surface area contributed by atoms with E-state index in [0.29, 0.717) is 0 Å². The Labute approximate surface area is 130 Å². The van der Waals surface area contributed by atoms with Gasteiger partial charge in [-0.15, -0.1) is 0 Å². The molecule has 22 heavy (non-hydrogen) atoms. The van der Waals surface area contributed by atoms with Gasteiger partial charge in [0.15, 0.2) is 0 Å². The molecular weight excluding hydrogens is 290 g/mol. The number of rotatable bonds is 9. The molecule has 0 aliphatic heterocycles. The molecule has 0 aliphatic rings. The van der Waals surface area contributed by atoms with Crippen molar-refractivity contribution in [1.82, 2.24) is 4.90 Å². The molecule has 0 saturated carbocycles. The van der Waals surface area contributed by atoms with Crippen LogP contribution < -0.4 is 0 Å². The molecule has 0 fully saturated rings. The fourth-order valence-corrected chi connectivity index (χ4v) is 1.24. The molecule has 126 valence electrons. The maximum Gasteiger partial charge on any atom is 0.317 e. The second-order valence-corrected chi connectivity index (χ2v) is 5.85. The smallest absolute Gasteiger partial charge is 0.317 e. The normalized spacial score (nSPS) is 11.2. The van der Waals surface area contributed by atoms with E-state index < -0.39 is 18.4 Å². The minimum atomic E-state index is -1.26. The van der Waals surface area contributed by atoms with Crippen molar-refractivity contribution in [2.45, 2.75) is 47.0 Å². The van der Waals surface area contributed by atoms with Gasteiger partial charge in [0.2, 0.25) is 0 Å². The van der Waals surface area contributed by atoms with Crippen LogP contribution in [0.3, 0.4) is 0 Å². The van der Waals surface area contributed by atoms with Crippen LogP contribution in [-0.4, -0.2) is 48.9 Å². The average Bonchev–Trinajstić information content (AvgIpc) is 2.36. The van der Waals surface area contributed by atoms with E-state index in [9.17, 15) is 19.2 Å². The van der Waals surface area contributed by atoms with E-state index >= 15 is 0 Å². The standard InChI is InChI=1S/C15H25NO6/c1-9(2)11(17)7-13(19)21-15(16(5)6)22-14(20)8-12(18)10(3)4/h9-10,15H,7-8H2,1-6H3. The third kappa shape index (κ3) is 7.87. The monoisotopic (exact) mass is 315 g/mol. The molecule has 0 aromatic carbocycles. The summed E-state index contributed by atoms with van der Waals surface area (Å²) in [7, 11) is 3.08. The van der Waals surface area contributed by atoms with Crippen molar-refractivity contribution in [2.24, 2.45) is 11.8 Å².